The molecule has 0 aliphatic carbocycles. The largest absolute Gasteiger partial charge is 0.326 e. The molecule has 0 unspecified atom stereocenters. The highest BCUT2D eigenvalue weighted by Gasteiger charge is 2.20. The van der Waals surface area contributed by atoms with Crippen molar-refractivity contribution in [2.75, 3.05) is 4.72 Å². The Morgan fingerprint density at radius 1 is 1.37 bits per heavy atom. The Labute approximate surface area is 134 Å². The molecule has 0 fully saturated rings. The second kappa shape index (κ2) is 5.96. The first-order valence-electron chi connectivity index (χ1n) is 5.18. The molecule has 102 valence electrons. The maximum atomic E-state index is 12.3. The van der Waals surface area contributed by atoms with Crippen LogP contribution in [0.2, 0.25) is 5.02 Å². The number of nitrogens with two attached hydrogens (primary N) is 1. The van der Waals surface area contributed by atoms with Gasteiger partial charge in [0, 0.05) is 20.0 Å². The van der Waals surface area contributed by atoms with Crippen LogP contribution in [0.1, 0.15) is 4.88 Å². The zero-order valence-corrected chi connectivity index (χ0v) is 14.1. The molecule has 19 heavy (non-hydrogen) atoms. The average molecular weight is 429 g/mol. The van der Waals surface area contributed by atoms with Gasteiger partial charge in [0.05, 0.1) is 5.69 Å². The second-order valence-electron chi connectivity index (χ2n) is 3.64. The van der Waals surface area contributed by atoms with Crippen LogP contribution in [-0.4, -0.2) is 8.42 Å². The van der Waals surface area contributed by atoms with Crippen LogP contribution < -0.4 is 10.5 Å². The second-order valence-corrected chi connectivity index (χ2v) is 7.89. The average Bonchev–Trinajstić information content (AvgIpc) is 2.82. The molecule has 1 heterocycles. The van der Waals surface area contributed by atoms with Crippen molar-refractivity contribution in [2.24, 2.45) is 5.73 Å². The van der Waals surface area contributed by atoms with Gasteiger partial charge in [0.1, 0.15) is 4.90 Å². The summed E-state index contributed by atoms with van der Waals surface area (Å²) in [6.45, 7) is 0.200. The fourth-order valence-corrected chi connectivity index (χ4v) is 5.09. The zero-order chi connectivity index (χ0) is 14.0. The van der Waals surface area contributed by atoms with Crippen LogP contribution in [0.5, 0.6) is 0 Å². The smallest absolute Gasteiger partial charge is 0.263 e. The fourth-order valence-electron chi connectivity index (χ4n) is 1.49. The third kappa shape index (κ3) is 3.40. The van der Waals surface area contributed by atoms with Crippen molar-refractivity contribution in [3.8, 4) is 0 Å². The molecule has 0 saturated heterocycles. The number of hydrogen-bond acceptors (Lipinski definition) is 4. The van der Waals surface area contributed by atoms with Gasteiger partial charge in [-0.1, -0.05) is 11.6 Å². The third-order valence-electron chi connectivity index (χ3n) is 2.35. The molecule has 1 aromatic heterocycles. The van der Waals surface area contributed by atoms with Crippen molar-refractivity contribution in [2.45, 2.75) is 11.4 Å². The van der Waals surface area contributed by atoms with Crippen LogP contribution in [0, 0.1) is 3.57 Å². The first-order chi connectivity index (χ1) is 8.94. The van der Waals surface area contributed by atoms with E-state index in [0.29, 0.717) is 15.6 Å². The SMILES string of the molecule is NCc1sccc1S(=O)(=O)Nc1ccc(Cl)cc1I. The number of nitrogens with one attached hydrogen (secondary N) is 1. The van der Waals surface area contributed by atoms with Gasteiger partial charge >= 0.3 is 0 Å². The number of hydrogen-bond donors (Lipinski definition) is 2. The van der Waals surface area contributed by atoms with E-state index in [1.807, 2.05) is 22.6 Å². The molecule has 0 spiro atoms. The van der Waals surface area contributed by atoms with E-state index in [-0.39, 0.29) is 11.4 Å². The van der Waals surface area contributed by atoms with Crippen LogP contribution in [0.15, 0.2) is 34.5 Å². The molecule has 0 aliphatic rings. The molecule has 2 rings (SSSR count). The maximum absolute atomic E-state index is 12.3. The molecule has 0 radical (unpaired) electrons. The number of anilines is 1. The Morgan fingerprint density at radius 3 is 2.74 bits per heavy atom. The number of thiophene rings is 1. The Bertz CT molecular complexity index is 700. The maximum Gasteiger partial charge on any atom is 0.263 e. The van der Waals surface area contributed by atoms with Crippen molar-refractivity contribution in [1.82, 2.24) is 0 Å². The highest BCUT2D eigenvalue weighted by Crippen LogP contribution is 2.27. The molecule has 8 heteroatoms. The molecular weight excluding hydrogens is 419 g/mol. The van der Waals surface area contributed by atoms with Crippen molar-refractivity contribution < 1.29 is 8.42 Å². The molecule has 0 atom stereocenters. The van der Waals surface area contributed by atoms with E-state index in [1.54, 1.807) is 29.6 Å². The Balaban J connectivity index is 2.37. The standard InChI is InChI=1S/C11H10ClIN2O2S2/c12-7-1-2-9(8(13)5-7)15-19(16,17)11-3-4-18-10(11)6-14/h1-5,15H,6,14H2. The number of benzene rings is 1. The van der Waals surface area contributed by atoms with Crippen LogP contribution in [-0.2, 0) is 16.6 Å². The molecular formula is C11H10ClIN2O2S2. The van der Waals surface area contributed by atoms with Crippen molar-refractivity contribution in [3.05, 3.63) is 43.1 Å². The van der Waals surface area contributed by atoms with Gasteiger partial charge in [0.15, 0.2) is 0 Å². The highest BCUT2D eigenvalue weighted by molar-refractivity contribution is 14.1. The van der Waals surface area contributed by atoms with Gasteiger partial charge in [-0.05, 0) is 52.2 Å². The van der Waals surface area contributed by atoms with Gasteiger partial charge in [0.2, 0.25) is 0 Å². The van der Waals surface area contributed by atoms with Gasteiger partial charge in [0.25, 0.3) is 10.0 Å². The number of rotatable bonds is 4. The summed E-state index contributed by atoms with van der Waals surface area (Å²) < 4.78 is 27.8. The van der Waals surface area contributed by atoms with Crippen molar-refractivity contribution >= 4 is 61.2 Å². The summed E-state index contributed by atoms with van der Waals surface area (Å²) in [6, 6.07) is 6.52. The summed E-state index contributed by atoms with van der Waals surface area (Å²) >= 11 is 9.19. The zero-order valence-electron chi connectivity index (χ0n) is 9.56. The van der Waals surface area contributed by atoms with Gasteiger partial charge in [-0.2, -0.15) is 0 Å². The fraction of sp³-hybridized carbons (Fsp3) is 0.0909. The Morgan fingerprint density at radius 2 is 2.11 bits per heavy atom. The molecule has 4 nitrogen and oxygen atoms in total. The summed E-state index contributed by atoms with van der Waals surface area (Å²) in [7, 11) is -3.62. The summed E-state index contributed by atoms with van der Waals surface area (Å²) in [5.74, 6) is 0. The summed E-state index contributed by atoms with van der Waals surface area (Å²) in [5.41, 5.74) is 6.03. The highest BCUT2D eigenvalue weighted by atomic mass is 127. The van der Waals surface area contributed by atoms with Crippen molar-refractivity contribution in [1.29, 1.82) is 0 Å². The lowest BCUT2D eigenvalue weighted by Gasteiger charge is -2.10. The van der Waals surface area contributed by atoms with E-state index in [9.17, 15) is 8.42 Å². The predicted octanol–water partition coefficient (Wildman–Crippen LogP) is 3.27. The normalized spacial score (nSPS) is 11.5. The van der Waals surface area contributed by atoms with Gasteiger partial charge in [-0.15, -0.1) is 11.3 Å². The lowest BCUT2D eigenvalue weighted by atomic mass is 10.3. The van der Waals surface area contributed by atoms with E-state index >= 15 is 0 Å². The van der Waals surface area contributed by atoms with Crippen molar-refractivity contribution in [3.63, 3.8) is 0 Å². The van der Waals surface area contributed by atoms with E-state index in [2.05, 4.69) is 4.72 Å². The van der Waals surface area contributed by atoms with Gasteiger partial charge in [-0.3, -0.25) is 4.72 Å². The van der Waals surface area contributed by atoms with E-state index in [1.165, 1.54) is 11.3 Å². The molecule has 2 aromatic rings. The lowest BCUT2D eigenvalue weighted by molar-refractivity contribution is 0.600. The molecule has 3 N–H and O–H groups in total. The summed E-state index contributed by atoms with van der Waals surface area (Å²) in [6.07, 6.45) is 0. The van der Waals surface area contributed by atoms with Gasteiger partial charge < -0.3 is 5.73 Å². The minimum Gasteiger partial charge on any atom is -0.326 e. The number of sulfonamides is 1. The lowest BCUT2D eigenvalue weighted by Crippen LogP contribution is -2.15. The molecule has 0 aliphatic heterocycles. The van der Waals surface area contributed by atoms with Crippen LogP contribution >= 0.6 is 45.5 Å². The van der Waals surface area contributed by atoms with Crippen LogP contribution in [0.4, 0.5) is 5.69 Å². The van der Waals surface area contributed by atoms with Crippen LogP contribution in [0.25, 0.3) is 0 Å². The van der Waals surface area contributed by atoms with Crippen LogP contribution in [0.3, 0.4) is 0 Å². The van der Waals surface area contributed by atoms with E-state index in [0.717, 1.165) is 3.57 Å². The molecule has 0 bridgehead atoms. The Hall–Kier alpha value is -0.350. The van der Waals surface area contributed by atoms with Gasteiger partial charge in [-0.25, -0.2) is 8.42 Å². The topological polar surface area (TPSA) is 72.2 Å². The summed E-state index contributed by atoms with van der Waals surface area (Å²) in [5, 5.41) is 2.27. The molecule has 0 amide bonds. The van der Waals surface area contributed by atoms with E-state index in [4.69, 9.17) is 17.3 Å². The molecule has 0 saturated carbocycles. The third-order valence-corrected chi connectivity index (χ3v) is 6.01. The molecule has 1 aromatic carbocycles. The first kappa shape index (κ1) is 15.0. The Kier molecular flexibility index (Phi) is 4.72. The summed E-state index contributed by atoms with van der Waals surface area (Å²) in [4.78, 5) is 0.863. The predicted molar refractivity (Wildman–Crippen MR) is 87.2 cm³/mol. The quantitative estimate of drug-likeness (QED) is 0.734. The first-order valence-corrected chi connectivity index (χ1v) is 9.00. The minimum atomic E-state index is -3.62. The monoisotopic (exact) mass is 428 g/mol. The minimum absolute atomic E-state index is 0.200. The van der Waals surface area contributed by atoms with E-state index < -0.39 is 10.0 Å². The number of halogens is 2.